The summed E-state index contributed by atoms with van der Waals surface area (Å²) in [6.45, 7) is 5.26. The Morgan fingerprint density at radius 3 is 2.09 bits per heavy atom. The molecule has 0 spiro atoms. The van der Waals surface area contributed by atoms with Crippen molar-refractivity contribution in [2.45, 2.75) is 116 Å². The molecule has 3 N–H and O–H groups in total. The van der Waals surface area contributed by atoms with Gasteiger partial charge in [0.25, 0.3) is 0 Å². The van der Waals surface area contributed by atoms with Crippen molar-refractivity contribution in [1.29, 1.82) is 0 Å². The molecule has 0 aliphatic rings. The molecule has 0 heterocycles. The minimum absolute atomic E-state index is 0.288. The fourth-order valence-corrected chi connectivity index (χ4v) is 3.40. The lowest BCUT2D eigenvalue weighted by atomic mass is 10.1. The second-order valence-corrected chi connectivity index (χ2v) is 8.66. The van der Waals surface area contributed by atoms with Crippen molar-refractivity contribution in [2.24, 2.45) is 5.73 Å². The van der Waals surface area contributed by atoms with Crippen molar-refractivity contribution >= 4 is 11.9 Å². The van der Waals surface area contributed by atoms with E-state index in [9.17, 15) is 9.59 Å². The molecule has 0 radical (unpaired) electrons. The normalized spacial score (nSPS) is 12.7. The van der Waals surface area contributed by atoms with Gasteiger partial charge in [0, 0.05) is 6.08 Å². The van der Waals surface area contributed by atoms with E-state index in [4.69, 9.17) is 10.5 Å². The third-order valence-electron chi connectivity index (χ3n) is 5.48. The van der Waals surface area contributed by atoms with E-state index in [0.29, 0.717) is 19.6 Å². The lowest BCUT2D eigenvalue weighted by Gasteiger charge is -2.16. The Kier molecular flexibility index (Phi) is 23.3. The maximum absolute atomic E-state index is 12.2. The number of nitrogens with two attached hydrogens (primary N) is 1. The summed E-state index contributed by atoms with van der Waals surface area (Å²) >= 11 is 0. The molecule has 5 heteroatoms. The molecule has 5 nitrogen and oxygen atoms in total. The van der Waals surface area contributed by atoms with Gasteiger partial charge in [-0.2, -0.15) is 0 Å². The number of carbonyl (C=O) groups is 2. The molecule has 0 rings (SSSR count). The predicted octanol–water partition coefficient (Wildman–Crippen LogP) is 6.53. The topological polar surface area (TPSA) is 81.4 Å². The van der Waals surface area contributed by atoms with E-state index in [0.717, 1.165) is 32.1 Å². The van der Waals surface area contributed by atoms with Gasteiger partial charge in [0.15, 0.2) is 0 Å². The molecule has 0 aromatic rings. The summed E-state index contributed by atoms with van der Waals surface area (Å²) in [4.78, 5) is 24.4. The summed E-state index contributed by atoms with van der Waals surface area (Å²) in [6.07, 6.45) is 28.2. The van der Waals surface area contributed by atoms with Crippen LogP contribution in [0.15, 0.2) is 36.5 Å². The van der Waals surface area contributed by atoms with Crippen LogP contribution in [0.5, 0.6) is 0 Å². The fraction of sp³-hybridized carbons (Fsp3) is 0.714. The lowest BCUT2D eigenvalue weighted by molar-refractivity contribution is -0.147. The standard InChI is InChI=1S/C28H50N2O3/c1-3-5-7-8-9-10-11-12-13-14-15-16-17-18-19-23-27(31)30-26(22-20-21-24-29)28(32)33-25-6-4-2/h15-19,23,26H,3-14,20-22,24-25,29H2,1-2H3,(H,30,31)/t26-/m0/s1. The zero-order chi connectivity index (χ0) is 24.4. The molecule has 0 saturated carbocycles. The van der Waals surface area contributed by atoms with Crippen LogP contribution >= 0.6 is 0 Å². The molecule has 33 heavy (non-hydrogen) atoms. The zero-order valence-corrected chi connectivity index (χ0v) is 21.4. The van der Waals surface area contributed by atoms with E-state index in [2.05, 4.69) is 18.3 Å². The van der Waals surface area contributed by atoms with Gasteiger partial charge in [0.05, 0.1) is 6.61 Å². The number of rotatable bonds is 22. The Morgan fingerprint density at radius 1 is 0.788 bits per heavy atom. The van der Waals surface area contributed by atoms with Crippen molar-refractivity contribution in [3.8, 4) is 0 Å². The van der Waals surface area contributed by atoms with Crippen LogP contribution in [-0.4, -0.2) is 31.1 Å². The number of amides is 1. The molecule has 190 valence electrons. The van der Waals surface area contributed by atoms with E-state index < -0.39 is 6.04 Å². The van der Waals surface area contributed by atoms with Crippen LogP contribution in [0, 0.1) is 0 Å². The molecule has 1 atom stereocenters. The number of allylic oxidation sites excluding steroid dienone is 5. The second-order valence-electron chi connectivity index (χ2n) is 8.66. The number of carbonyl (C=O) groups excluding carboxylic acids is 2. The molecule has 0 aliphatic carbocycles. The summed E-state index contributed by atoms with van der Waals surface area (Å²) in [5.74, 6) is -0.652. The zero-order valence-electron chi connectivity index (χ0n) is 21.4. The summed E-state index contributed by atoms with van der Waals surface area (Å²) in [5.41, 5.74) is 5.53. The van der Waals surface area contributed by atoms with Gasteiger partial charge >= 0.3 is 5.97 Å². The maximum atomic E-state index is 12.2. The highest BCUT2D eigenvalue weighted by Gasteiger charge is 2.20. The first kappa shape index (κ1) is 31.1. The summed E-state index contributed by atoms with van der Waals surface area (Å²) in [7, 11) is 0. The van der Waals surface area contributed by atoms with E-state index >= 15 is 0 Å². The van der Waals surface area contributed by atoms with Crippen molar-refractivity contribution in [2.75, 3.05) is 13.2 Å². The molecule has 0 aromatic heterocycles. The molecule has 0 aromatic carbocycles. The van der Waals surface area contributed by atoms with Gasteiger partial charge in [-0.1, -0.05) is 102 Å². The average Bonchev–Trinajstić information content (AvgIpc) is 2.81. The Bertz CT molecular complexity index is 555. The van der Waals surface area contributed by atoms with Crippen LogP contribution < -0.4 is 11.1 Å². The quantitative estimate of drug-likeness (QED) is 0.0829. The second kappa shape index (κ2) is 24.8. The van der Waals surface area contributed by atoms with Gasteiger partial charge in [0.2, 0.25) is 5.91 Å². The Labute approximate surface area is 203 Å². The molecule has 0 unspecified atom stereocenters. The molecule has 0 saturated heterocycles. The summed E-state index contributed by atoms with van der Waals surface area (Å²) in [5, 5.41) is 2.76. The van der Waals surface area contributed by atoms with Crippen molar-refractivity contribution in [3.05, 3.63) is 36.5 Å². The third kappa shape index (κ3) is 21.7. The summed E-state index contributed by atoms with van der Waals surface area (Å²) < 4.78 is 5.28. The number of hydrogen-bond donors (Lipinski definition) is 2. The SMILES string of the molecule is CCCCCCCCCCCC=CC=CC=CC(=O)N[C@@H](CCCCN)C(=O)OCCCC. The lowest BCUT2D eigenvalue weighted by Crippen LogP contribution is -2.41. The predicted molar refractivity (Wildman–Crippen MR) is 140 cm³/mol. The first-order valence-electron chi connectivity index (χ1n) is 13.3. The van der Waals surface area contributed by atoms with Gasteiger partial charge in [-0.3, -0.25) is 4.79 Å². The Balaban J connectivity index is 4.06. The number of nitrogens with one attached hydrogen (secondary N) is 1. The van der Waals surface area contributed by atoms with Crippen molar-refractivity contribution in [1.82, 2.24) is 5.32 Å². The molecule has 0 aliphatic heterocycles. The molecule has 1 amide bonds. The van der Waals surface area contributed by atoms with Gasteiger partial charge in [-0.05, 0) is 45.1 Å². The fourth-order valence-electron chi connectivity index (χ4n) is 3.40. The largest absolute Gasteiger partial charge is 0.464 e. The number of hydrogen-bond acceptors (Lipinski definition) is 4. The van der Waals surface area contributed by atoms with E-state index in [-0.39, 0.29) is 11.9 Å². The van der Waals surface area contributed by atoms with Crippen LogP contribution in [0.2, 0.25) is 0 Å². The third-order valence-corrected chi connectivity index (χ3v) is 5.48. The maximum Gasteiger partial charge on any atom is 0.328 e. The van der Waals surface area contributed by atoms with Crippen LogP contribution in [0.4, 0.5) is 0 Å². The minimum atomic E-state index is -0.620. The molecular formula is C28H50N2O3. The monoisotopic (exact) mass is 462 g/mol. The highest BCUT2D eigenvalue weighted by atomic mass is 16.5. The van der Waals surface area contributed by atoms with Crippen LogP contribution in [0.3, 0.4) is 0 Å². The van der Waals surface area contributed by atoms with Gasteiger partial charge < -0.3 is 15.8 Å². The Hall–Kier alpha value is -1.88. The highest BCUT2D eigenvalue weighted by Crippen LogP contribution is 2.10. The number of ether oxygens (including phenoxy) is 1. The highest BCUT2D eigenvalue weighted by molar-refractivity contribution is 5.91. The molecule has 0 bridgehead atoms. The van der Waals surface area contributed by atoms with Crippen LogP contribution in [-0.2, 0) is 14.3 Å². The first-order valence-corrected chi connectivity index (χ1v) is 13.3. The van der Waals surface area contributed by atoms with Gasteiger partial charge in [-0.25, -0.2) is 4.79 Å². The van der Waals surface area contributed by atoms with Gasteiger partial charge in [0.1, 0.15) is 6.04 Å². The molecule has 0 fully saturated rings. The van der Waals surface area contributed by atoms with Crippen molar-refractivity contribution < 1.29 is 14.3 Å². The minimum Gasteiger partial charge on any atom is -0.464 e. The van der Waals surface area contributed by atoms with Crippen molar-refractivity contribution in [3.63, 3.8) is 0 Å². The smallest absolute Gasteiger partial charge is 0.328 e. The average molecular weight is 463 g/mol. The number of esters is 1. The van der Waals surface area contributed by atoms with E-state index in [1.165, 1.54) is 63.9 Å². The van der Waals surface area contributed by atoms with Gasteiger partial charge in [-0.15, -0.1) is 0 Å². The Morgan fingerprint density at radius 2 is 1.42 bits per heavy atom. The van der Waals surface area contributed by atoms with E-state index in [1.54, 1.807) is 6.08 Å². The molecular weight excluding hydrogens is 412 g/mol. The van der Waals surface area contributed by atoms with Crippen LogP contribution in [0.1, 0.15) is 110 Å². The van der Waals surface area contributed by atoms with Crippen LogP contribution in [0.25, 0.3) is 0 Å². The van der Waals surface area contributed by atoms with E-state index in [1.807, 2.05) is 25.2 Å². The number of unbranched alkanes of at least 4 members (excludes halogenated alkanes) is 11. The first-order chi connectivity index (χ1) is 16.2. The summed E-state index contributed by atoms with van der Waals surface area (Å²) in [6, 6.07) is -0.620.